The second kappa shape index (κ2) is 3.24. The smallest absolute Gasteiger partial charge is 0.117 e. The highest BCUT2D eigenvalue weighted by Gasteiger charge is 2.18. The molecule has 2 aromatic rings. The number of nitrogens with zero attached hydrogens (tertiary/aromatic N) is 1. The normalized spacial score (nSPS) is 16.9. The van der Waals surface area contributed by atoms with Crippen molar-refractivity contribution in [2.24, 2.45) is 0 Å². The second-order valence-electron chi connectivity index (χ2n) is 3.80. The zero-order chi connectivity index (χ0) is 9.38. The van der Waals surface area contributed by atoms with E-state index in [1.54, 1.807) is 11.5 Å². The first-order valence-corrected chi connectivity index (χ1v) is 5.82. The van der Waals surface area contributed by atoms with Gasteiger partial charge in [0.15, 0.2) is 0 Å². The van der Waals surface area contributed by atoms with E-state index in [1.165, 1.54) is 29.6 Å². The Morgan fingerprint density at radius 3 is 2.93 bits per heavy atom. The molecule has 1 aromatic heterocycles. The molecular weight excluding hydrogens is 192 g/mol. The summed E-state index contributed by atoms with van der Waals surface area (Å²) in [6.07, 6.45) is 3.99. The molecule has 1 heterocycles. The lowest BCUT2D eigenvalue weighted by atomic mass is 9.93. The molecule has 0 atom stereocenters. The third kappa shape index (κ3) is 1.28. The fraction of sp³-hybridized carbons (Fsp3) is 0.364. The first-order chi connectivity index (χ1) is 6.93. The average molecular weight is 204 g/mol. The molecule has 3 rings (SSSR count). The summed E-state index contributed by atoms with van der Waals surface area (Å²) in [5.41, 5.74) is 1.11. The molecule has 1 fully saturated rings. The zero-order valence-electron chi connectivity index (χ0n) is 7.86. The number of hydrogen-bond donors (Lipinski definition) is 1. The molecule has 1 aromatic carbocycles. The van der Waals surface area contributed by atoms with E-state index >= 15 is 0 Å². The minimum Gasteiger partial charge on any atom is -0.372 e. The topological polar surface area (TPSA) is 24.9 Å². The summed E-state index contributed by atoms with van der Waals surface area (Å²) >= 11 is 1.58. The third-order valence-electron chi connectivity index (χ3n) is 2.82. The standard InChI is InChI=1S/C11H12N2S/c1-2-7-10-9(6-1)11(14-13-10)12-8-4-3-5-8/h1-2,6-8,12H,3-5H2. The van der Waals surface area contributed by atoms with E-state index in [0.29, 0.717) is 6.04 Å². The van der Waals surface area contributed by atoms with Crippen molar-refractivity contribution >= 4 is 27.4 Å². The number of nitrogens with one attached hydrogen (secondary N) is 1. The van der Waals surface area contributed by atoms with Crippen LogP contribution in [-0.2, 0) is 0 Å². The molecule has 72 valence electrons. The van der Waals surface area contributed by atoms with Crippen molar-refractivity contribution in [2.75, 3.05) is 5.32 Å². The third-order valence-corrected chi connectivity index (χ3v) is 3.63. The minimum atomic E-state index is 0.693. The molecule has 1 N–H and O–H groups in total. The van der Waals surface area contributed by atoms with Gasteiger partial charge >= 0.3 is 0 Å². The largest absolute Gasteiger partial charge is 0.372 e. The number of fused-ring (bicyclic) bond motifs is 1. The molecule has 1 saturated carbocycles. The van der Waals surface area contributed by atoms with E-state index < -0.39 is 0 Å². The van der Waals surface area contributed by atoms with Crippen LogP contribution >= 0.6 is 11.5 Å². The molecule has 2 nitrogen and oxygen atoms in total. The van der Waals surface area contributed by atoms with Crippen LogP contribution < -0.4 is 5.32 Å². The van der Waals surface area contributed by atoms with Crippen molar-refractivity contribution < 1.29 is 0 Å². The Morgan fingerprint density at radius 1 is 1.29 bits per heavy atom. The maximum absolute atomic E-state index is 4.41. The lowest BCUT2D eigenvalue weighted by Crippen LogP contribution is -2.26. The number of benzene rings is 1. The molecule has 14 heavy (non-hydrogen) atoms. The van der Waals surface area contributed by atoms with Gasteiger partial charge in [0.25, 0.3) is 0 Å². The van der Waals surface area contributed by atoms with Gasteiger partial charge in [0.2, 0.25) is 0 Å². The molecule has 0 aliphatic heterocycles. The highest BCUT2D eigenvalue weighted by molar-refractivity contribution is 7.11. The van der Waals surface area contributed by atoms with E-state index in [-0.39, 0.29) is 0 Å². The maximum atomic E-state index is 4.41. The lowest BCUT2D eigenvalue weighted by Gasteiger charge is -2.26. The molecule has 0 radical (unpaired) electrons. The van der Waals surface area contributed by atoms with Crippen LogP contribution in [0, 0.1) is 0 Å². The van der Waals surface area contributed by atoms with Gasteiger partial charge in [-0.15, -0.1) is 0 Å². The van der Waals surface area contributed by atoms with Gasteiger partial charge in [0, 0.05) is 11.4 Å². The van der Waals surface area contributed by atoms with Crippen molar-refractivity contribution in [3.05, 3.63) is 24.3 Å². The molecule has 0 spiro atoms. The van der Waals surface area contributed by atoms with Gasteiger partial charge in [-0.3, -0.25) is 0 Å². The summed E-state index contributed by atoms with van der Waals surface area (Å²) < 4.78 is 4.41. The van der Waals surface area contributed by atoms with Crippen molar-refractivity contribution in [2.45, 2.75) is 25.3 Å². The summed E-state index contributed by atoms with van der Waals surface area (Å²) in [7, 11) is 0. The van der Waals surface area contributed by atoms with Gasteiger partial charge in [-0.2, -0.15) is 4.37 Å². The second-order valence-corrected chi connectivity index (χ2v) is 4.57. The van der Waals surface area contributed by atoms with Crippen LogP contribution in [0.2, 0.25) is 0 Å². The number of hydrogen-bond acceptors (Lipinski definition) is 3. The Hall–Kier alpha value is -1.09. The van der Waals surface area contributed by atoms with Crippen LogP contribution in [0.3, 0.4) is 0 Å². The quantitative estimate of drug-likeness (QED) is 0.812. The van der Waals surface area contributed by atoms with Crippen molar-refractivity contribution in [1.29, 1.82) is 0 Å². The molecule has 0 saturated heterocycles. The molecule has 3 heteroatoms. The number of rotatable bonds is 2. The molecular formula is C11H12N2S. The first kappa shape index (κ1) is 8.24. The lowest BCUT2D eigenvalue weighted by molar-refractivity contribution is 0.446. The van der Waals surface area contributed by atoms with E-state index in [1.807, 2.05) is 6.07 Å². The van der Waals surface area contributed by atoms with Crippen molar-refractivity contribution in [3.63, 3.8) is 0 Å². The van der Waals surface area contributed by atoms with Gasteiger partial charge in [-0.1, -0.05) is 12.1 Å². The molecule has 0 bridgehead atoms. The summed E-state index contributed by atoms with van der Waals surface area (Å²) in [5, 5.41) is 6.07. The highest BCUT2D eigenvalue weighted by atomic mass is 32.1. The number of aromatic nitrogens is 1. The van der Waals surface area contributed by atoms with Crippen LogP contribution in [0.4, 0.5) is 5.00 Å². The Bertz CT molecular complexity index is 445. The number of anilines is 1. The van der Waals surface area contributed by atoms with Crippen LogP contribution in [0.15, 0.2) is 24.3 Å². The molecule has 1 aliphatic rings. The average Bonchev–Trinajstić information content (AvgIpc) is 2.55. The van der Waals surface area contributed by atoms with Gasteiger partial charge in [0.05, 0.1) is 5.52 Å². The zero-order valence-corrected chi connectivity index (χ0v) is 8.68. The minimum absolute atomic E-state index is 0.693. The maximum Gasteiger partial charge on any atom is 0.117 e. The summed E-state index contributed by atoms with van der Waals surface area (Å²) in [5.74, 6) is 0. The summed E-state index contributed by atoms with van der Waals surface area (Å²) in [6, 6.07) is 9.01. The van der Waals surface area contributed by atoms with Crippen molar-refractivity contribution in [1.82, 2.24) is 4.37 Å². The molecule has 0 unspecified atom stereocenters. The monoisotopic (exact) mass is 204 g/mol. The van der Waals surface area contributed by atoms with Gasteiger partial charge < -0.3 is 5.32 Å². The fourth-order valence-corrected chi connectivity index (χ4v) is 2.57. The Balaban J connectivity index is 1.95. The van der Waals surface area contributed by atoms with E-state index in [9.17, 15) is 0 Å². The van der Waals surface area contributed by atoms with Crippen molar-refractivity contribution in [3.8, 4) is 0 Å². The Labute approximate surface area is 87.1 Å². The van der Waals surface area contributed by atoms with E-state index in [0.717, 1.165) is 5.52 Å². The van der Waals surface area contributed by atoms with Gasteiger partial charge in [-0.25, -0.2) is 0 Å². The van der Waals surface area contributed by atoms with Crippen LogP contribution in [-0.4, -0.2) is 10.4 Å². The first-order valence-electron chi connectivity index (χ1n) is 5.04. The summed E-state index contributed by atoms with van der Waals surface area (Å²) in [6.45, 7) is 0. The predicted molar refractivity (Wildman–Crippen MR) is 60.9 cm³/mol. The predicted octanol–water partition coefficient (Wildman–Crippen LogP) is 3.26. The highest BCUT2D eigenvalue weighted by Crippen LogP contribution is 2.31. The van der Waals surface area contributed by atoms with Crippen LogP contribution in [0.1, 0.15) is 19.3 Å². The van der Waals surface area contributed by atoms with Crippen LogP contribution in [0.5, 0.6) is 0 Å². The summed E-state index contributed by atoms with van der Waals surface area (Å²) in [4.78, 5) is 0. The van der Waals surface area contributed by atoms with Crippen LogP contribution in [0.25, 0.3) is 10.9 Å². The Kier molecular flexibility index (Phi) is 1.91. The molecule has 0 amide bonds. The fourth-order valence-electron chi connectivity index (χ4n) is 1.73. The van der Waals surface area contributed by atoms with E-state index in [2.05, 4.69) is 27.9 Å². The SMILES string of the molecule is c1ccc2c(NC3CCC3)snc2c1. The Morgan fingerprint density at radius 2 is 2.14 bits per heavy atom. The van der Waals surface area contributed by atoms with E-state index in [4.69, 9.17) is 0 Å². The van der Waals surface area contributed by atoms with Gasteiger partial charge in [-0.05, 0) is 42.9 Å². The molecule has 1 aliphatic carbocycles. The van der Waals surface area contributed by atoms with Gasteiger partial charge in [0.1, 0.15) is 5.00 Å².